The number of carbonyl (C=O) groups is 2. The first-order chi connectivity index (χ1) is 14.8. The zero-order valence-electron chi connectivity index (χ0n) is 16.1. The van der Waals surface area contributed by atoms with Crippen molar-refractivity contribution in [3.8, 4) is 5.75 Å². The number of hydrogen-bond donors (Lipinski definition) is 1. The quantitative estimate of drug-likeness (QED) is 0.552. The minimum Gasteiger partial charge on any atom is -0.497 e. The van der Waals surface area contributed by atoms with Crippen LogP contribution in [0.5, 0.6) is 5.75 Å². The molecule has 0 spiro atoms. The minimum atomic E-state index is -4.60. The number of alkyl halides is 3. The Morgan fingerprint density at radius 2 is 1.71 bits per heavy atom. The molecule has 0 saturated heterocycles. The molecule has 9 heteroatoms. The molecule has 0 bridgehead atoms. The van der Waals surface area contributed by atoms with Gasteiger partial charge in [-0.3, -0.25) is 9.59 Å². The number of anilines is 2. The molecule has 1 aromatic heterocycles. The van der Waals surface area contributed by atoms with E-state index in [9.17, 15) is 22.8 Å². The maximum absolute atomic E-state index is 13.2. The summed E-state index contributed by atoms with van der Waals surface area (Å²) in [5.41, 5.74) is -0.467. The number of carbonyl (C=O) groups excluding carboxylic acids is 2. The van der Waals surface area contributed by atoms with Gasteiger partial charge in [-0.1, -0.05) is 12.1 Å². The predicted octanol–water partition coefficient (Wildman–Crippen LogP) is 5.17. The largest absolute Gasteiger partial charge is 0.497 e. The number of imide groups is 1. The molecule has 2 heterocycles. The van der Waals surface area contributed by atoms with Gasteiger partial charge in [0.1, 0.15) is 11.4 Å². The predicted molar refractivity (Wildman–Crippen MR) is 112 cm³/mol. The van der Waals surface area contributed by atoms with Crippen LogP contribution in [0.4, 0.5) is 24.5 Å². The third kappa shape index (κ3) is 3.91. The highest BCUT2D eigenvalue weighted by molar-refractivity contribution is 7.11. The van der Waals surface area contributed by atoms with Crippen LogP contribution in [-0.4, -0.2) is 18.9 Å². The molecule has 1 N–H and O–H groups in total. The van der Waals surface area contributed by atoms with Crippen molar-refractivity contribution in [3.05, 3.63) is 82.2 Å². The van der Waals surface area contributed by atoms with Crippen molar-refractivity contribution in [2.24, 2.45) is 0 Å². The van der Waals surface area contributed by atoms with Crippen molar-refractivity contribution in [1.82, 2.24) is 0 Å². The molecular weight excluding hydrogens is 429 g/mol. The Balaban J connectivity index is 1.76. The normalized spacial score (nSPS) is 14.4. The van der Waals surface area contributed by atoms with Crippen molar-refractivity contribution in [2.45, 2.75) is 6.18 Å². The minimum absolute atomic E-state index is 0.00460. The number of amides is 2. The van der Waals surface area contributed by atoms with Crippen LogP contribution in [0.25, 0.3) is 5.57 Å². The molecule has 0 saturated carbocycles. The molecule has 2 aromatic carbocycles. The Kier molecular flexibility index (Phi) is 5.28. The molecule has 1 aliphatic rings. The van der Waals surface area contributed by atoms with Gasteiger partial charge in [0.25, 0.3) is 11.8 Å². The van der Waals surface area contributed by atoms with E-state index in [1.807, 2.05) is 0 Å². The first-order valence-electron chi connectivity index (χ1n) is 9.05. The fraction of sp³-hybridized carbons (Fsp3) is 0.0909. The first-order valence-corrected chi connectivity index (χ1v) is 9.93. The highest BCUT2D eigenvalue weighted by Gasteiger charge is 2.41. The second-order valence-corrected chi connectivity index (χ2v) is 7.52. The number of nitrogens with zero attached hydrogens (tertiary/aromatic N) is 1. The maximum Gasteiger partial charge on any atom is 0.416 e. The first kappa shape index (κ1) is 20.7. The summed E-state index contributed by atoms with van der Waals surface area (Å²) < 4.78 is 44.6. The highest BCUT2D eigenvalue weighted by Crippen LogP contribution is 2.38. The zero-order valence-corrected chi connectivity index (χ0v) is 16.9. The molecule has 1 aliphatic heterocycles. The smallest absolute Gasteiger partial charge is 0.416 e. The summed E-state index contributed by atoms with van der Waals surface area (Å²) in [4.78, 5) is 27.7. The van der Waals surface area contributed by atoms with E-state index >= 15 is 0 Å². The molecule has 2 amide bonds. The molecule has 5 nitrogen and oxygen atoms in total. The average Bonchev–Trinajstić information content (AvgIpc) is 3.35. The van der Waals surface area contributed by atoms with Crippen molar-refractivity contribution in [1.29, 1.82) is 0 Å². The summed E-state index contributed by atoms with van der Waals surface area (Å²) in [5, 5.41) is 4.70. The van der Waals surface area contributed by atoms with Gasteiger partial charge in [-0.05, 0) is 53.9 Å². The van der Waals surface area contributed by atoms with Crippen LogP contribution in [-0.2, 0) is 15.8 Å². The van der Waals surface area contributed by atoms with Crippen molar-refractivity contribution < 1.29 is 27.5 Å². The topological polar surface area (TPSA) is 58.6 Å². The summed E-state index contributed by atoms with van der Waals surface area (Å²) in [6, 6.07) is 14.2. The van der Waals surface area contributed by atoms with E-state index < -0.39 is 23.6 Å². The Hall–Kier alpha value is -3.59. The SMILES string of the molecule is COc1ccc(NC2=C(c3cccs3)C(=O)N(c3cccc(C(F)(F)F)c3)C2=O)cc1. The number of halogens is 3. The molecule has 158 valence electrons. The number of rotatable bonds is 5. The van der Waals surface area contributed by atoms with E-state index in [0.717, 1.165) is 17.0 Å². The monoisotopic (exact) mass is 444 g/mol. The molecular formula is C22H15F3N2O3S. The van der Waals surface area contributed by atoms with Crippen LogP contribution in [0.3, 0.4) is 0 Å². The van der Waals surface area contributed by atoms with Crippen molar-refractivity contribution in [2.75, 3.05) is 17.3 Å². The lowest BCUT2D eigenvalue weighted by atomic mass is 10.1. The summed E-state index contributed by atoms with van der Waals surface area (Å²) in [6.45, 7) is 0. The van der Waals surface area contributed by atoms with Crippen LogP contribution in [0.2, 0.25) is 0 Å². The Bertz CT molecular complexity index is 1170. The third-order valence-corrected chi connectivity index (χ3v) is 5.53. The average molecular weight is 444 g/mol. The number of benzene rings is 2. The van der Waals surface area contributed by atoms with Gasteiger partial charge in [0.05, 0.1) is 23.9 Å². The second kappa shape index (κ2) is 7.92. The third-order valence-electron chi connectivity index (χ3n) is 4.64. The van der Waals surface area contributed by atoms with Crippen LogP contribution >= 0.6 is 11.3 Å². The molecule has 31 heavy (non-hydrogen) atoms. The molecule has 3 aromatic rings. The van der Waals surface area contributed by atoms with Gasteiger partial charge < -0.3 is 10.1 Å². The standard InChI is InChI=1S/C22H15F3N2O3S/c1-30-16-9-7-14(8-10-16)26-19-18(17-6-3-11-31-17)20(28)27(21(19)29)15-5-2-4-13(12-15)22(23,24)25/h2-12,26H,1H3. The number of ether oxygens (including phenoxy) is 1. The zero-order chi connectivity index (χ0) is 22.2. The molecule has 0 atom stereocenters. The fourth-order valence-electron chi connectivity index (χ4n) is 3.17. The summed E-state index contributed by atoms with van der Waals surface area (Å²) >= 11 is 1.25. The van der Waals surface area contributed by atoms with Gasteiger partial charge in [-0.25, -0.2) is 4.90 Å². The van der Waals surface area contributed by atoms with E-state index in [0.29, 0.717) is 16.3 Å². The van der Waals surface area contributed by atoms with Gasteiger partial charge >= 0.3 is 6.18 Å². The molecule has 0 radical (unpaired) electrons. The van der Waals surface area contributed by atoms with Crippen LogP contribution in [0, 0.1) is 0 Å². The van der Waals surface area contributed by atoms with Crippen molar-refractivity contribution >= 4 is 40.1 Å². The van der Waals surface area contributed by atoms with E-state index in [1.54, 1.807) is 41.8 Å². The van der Waals surface area contributed by atoms with E-state index in [-0.39, 0.29) is 17.0 Å². The molecule has 0 unspecified atom stereocenters. The Morgan fingerprint density at radius 3 is 2.32 bits per heavy atom. The number of nitrogens with one attached hydrogen (secondary N) is 1. The van der Waals surface area contributed by atoms with E-state index in [4.69, 9.17) is 4.74 Å². The van der Waals surface area contributed by atoms with Crippen LogP contribution in [0.15, 0.2) is 71.7 Å². The van der Waals surface area contributed by atoms with Crippen molar-refractivity contribution in [3.63, 3.8) is 0 Å². The molecule has 0 aliphatic carbocycles. The van der Waals surface area contributed by atoms with Gasteiger partial charge in [0, 0.05) is 10.6 Å². The van der Waals surface area contributed by atoms with E-state index in [1.165, 1.54) is 30.6 Å². The van der Waals surface area contributed by atoms with E-state index in [2.05, 4.69) is 5.32 Å². The molecule has 4 rings (SSSR count). The van der Waals surface area contributed by atoms with Gasteiger partial charge in [-0.15, -0.1) is 11.3 Å². The maximum atomic E-state index is 13.2. The number of methoxy groups -OCH3 is 1. The Labute approximate surface area is 179 Å². The van der Waals surface area contributed by atoms with Gasteiger partial charge in [0.15, 0.2) is 0 Å². The highest BCUT2D eigenvalue weighted by atomic mass is 32.1. The Morgan fingerprint density at radius 1 is 0.968 bits per heavy atom. The lowest BCUT2D eigenvalue weighted by molar-refractivity contribution is -0.137. The number of thiophene rings is 1. The molecule has 0 fully saturated rings. The summed E-state index contributed by atoms with van der Waals surface area (Å²) in [7, 11) is 1.52. The summed E-state index contributed by atoms with van der Waals surface area (Å²) in [6.07, 6.45) is -4.60. The number of hydrogen-bond acceptors (Lipinski definition) is 5. The van der Waals surface area contributed by atoms with Crippen LogP contribution in [0.1, 0.15) is 10.4 Å². The summed E-state index contributed by atoms with van der Waals surface area (Å²) in [5.74, 6) is -0.816. The van der Waals surface area contributed by atoms with Gasteiger partial charge in [0.2, 0.25) is 0 Å². The van der Waals surface area contributed by atoms with Crippen LogP contribution < -0.4 is 15.0 Å². The van der Waals surface area contributed by atoms with Gasteiger partial charge in [-0.2, -0.15) is 13.2 Å². The lowest BCUT2D eigenvalue weighted by Gasteiger charge is -2.17. The second-order valence-electron chi connectivity index (χ2n) is 6.57. The lowest BCUT2D eigenvalue weighted by Crippen LogP contribution is -2.32. The fourth-order valence-corrected chi connectivity index (χ4v) is 3.94.